The van der Waals surface area contributed by atoms with E-state index in [1.807, 2.05) is 6.92 Å². The molecular formula is C27H24N2O8. The van der Waals surface area contributed by atoms with E-state index in [0.717, 1.165) is 0 Å². The molecule has 3 aromatic rings. The van der Waals surface area contributed by atoms with E-state index in [4.69, 9.17) is 9.47 Å². The van der Waals surface area contributed by atoms with Gasteiger partial charge in [-0.2, -0.15) is 0 Å². The van der Waals surface area contributed by atoms with Crippen LogP contribution in [0, 0.1) is 10.1 Å². The molecule has 10 nitrogen and oxygen atoms in total. The number of phenols is 1. The van der Waals surface area contributed by atoms with Crippen molar-refractivity contribution in [3.63, 3.8) is 0 Å². The molecule has 1 heterocycles. The molecule has 4 rings (SSSR count). The summed E-state index contributed by atoms with van der Waals surface area (Å²) in [6.07, 6.45) is 0. The lowest BCUT2D eigenvalue weighted by molar-refractivity contribution is -0.384. The third-order valence-corrected chi connectivity index (χ3v) is 5.81. The van der Waals surface area contributed by atoms with Crippen LogP contribution in [0.4, 0.5) is 11.4 Å². The molecule has 0 aliphatic carbocycles. The molecule has 3 aromatic carbocycles. The van der Waals surface area contributed by atoms with E-state index in [2.05, 4.69) is 0 Å². The third kappa shape index (κ3) is 4.81. The maximum absolute atomic E-state index is 13.3. The lowest BCUT2D eigenvalue weighted by Crippen LogP contribution is -2.29. The van der Waals surface area contributed by atoms with Crippen molar-refractivity contribution >= 4 is 28.8 Å². The van der Waals surface area contributed by atoms with Crippen molar-refractivity contribution in [2.75, 3.05) is 18.1 Å². The molecule has 0 radical (unpaired) electrons. The van der Waals surface area contributed by atoms with Gasteiger partial charge in [0.25, 0.3) is 17.4 Å². The second kappa shape index (κ2) is 10.4. The minimum absolute atomic E-state index is 0.0178. The normalized spacial score (nSPS) is 16.6. The van der Waals surface area contributed by atoms with Crippen LogP contribution < -0.4 is 14.4 Å². The number of amides is 1. The monoisotopic (exact) mass is 504 g/mol. The van der Waals surface area contributed by atoms with Crippen LogP contribution >= 0.6 is 0 Å². The van der Waals surface area contributed by atoms with E-state index in [-0.39, 0.29) is 22.6 Å². The van der Waals surface area contributed by atoms with Gasteiger partial charge in [0, 0.05) is 29.4 Å². The number of ketones is 1. The summed E-state index contributed by atoms with van der Waals surface area (Å²) in [5, 5.41) is 32.0. The van der Waals surface area contributed by atoms with Crippen molar-refractivity contribution in [3.8, 4) is 17.2 Å². The molecule has 0 aromatic heterocycles. The van der Waals surface area contributed by atoms with E-state index < -0.39 is 28.4 Å². The number of ether oxygens (including phenoxy) is 2. The van der Waals surface area contributed by atoms with E-state index in [1.165, 1.54) is 41.3 Å². The highest BCUT2D eigenvalue weighted by Crippen LogP contribution is 2.44. The molecule has 0 bridgehead atoms. The number of aliphatic hydroxyl groups is 1. The molecule has 1 aliphatic heterocycles. The minimum Gasteiger partial charge on any atom is -0.508 e. The third-order valence-electron chi connectivity index (χ3n) is 5.81. The summed E-state index contributed by atoms with van der Waals surface area (Å²) in [5.74, 6) is -1.46. The number of hydrogen-bond donors (Lipinski definition) is 2. The number of phenolic OH excluding ortho intramolecular Hbond substituents is 1. The second-order valence-electron chi connectivity index (χ2n) is 8.06. The predicted molar refractivity (Wildman–Crippen MR) is 135 cm³/mol. The highest BCUT2D eigenvalue weighted by Gasteiger charge is 2.47. The molecular weight excluding hydrogens is 480 g/mol. The van der Waals surface area contributed by atoms with Gasteiger partial charge in [-0.05, 0) is 55.8 Å². The van der Waals surface area contributed by atoms with Crippen molar-refractivity contribution in [3.05, 3.63) is 93.5 Å². The summed E-state index contributed by atoms with van der Waals surface area (Å²) in [4.78, 5) is 38.3. The summed E-state index contributed by atoms with van der Waals surface area (Å²) < 4.78 is 11.3. The van der Waals surface area contributed by atoms with E-state index in [0.29, 0.717) is 36.0 Å². The minimum atomic E-state index is -1.05. The number of aliphatic hydroxyl groups excluding tert-OH is 1. The number of nitrogens with zero attached hydrogens (tertiary/aromatic N) is 2. The first-order valence-electron chi connectivity index (χ1n) is 11.5. The largest absolute Gasteiger partial charge is 0.508 e. The fourth-order valence-corrected chi connectivity index (χ4v) is 4.16. The highest BCUT2D eigenvalue weighted by atomic mass is 16.6. The van der Waals surface area contributed by atoms with Crippen molar-refractivity contribution in [1.29, 1.82) is 0 Å². The van der Waals surface area contributed by atoms with Gasteiger partial charge in [-0.15, -0.1) is 0 Å². The maximum atomic E-state index is 13.3. The van der Waals surface area contributed by atoms with Crippen molar-refractivity contribution in [2.45, 2.75) is 19.9 Å². The van der Waals surface area contributed by atoms with Gasteiger partial charge in [0.05, 0.1) is 29.8 Å². The van der Waals surface area contributed by atoms with Crippen LogP contribution in [0.2, 0.25) is 0 Å². The first-order valence-corrected chi connectivity index (χ1v) is 11.5. The van der Waals surface area contributed by atoms with Crippen LogP contribution in [0.3, 0.4) is 0 Å². The fourth-order valence-electron chi connectivity index (χ4n) is 4.16. The molecule has 1 fully saturated rings. The van der Waals surface area contributed by atoms with Crippen LogP contribution in [0.5, 0.6) is 17.2 Å². The maximum Gasteiger partial charge on any atom is 0.300 e. The first-order chi connectivity index (χ1) is 17.8. The van der Waals surface area contributed by atoms with Gasteiger partial charge < -0.3 is 19.7 Å². The van der Waals surface area contributed by atoms with Gasteiger partial charge in [0.1, 0.15) is 11.5 Å². The number of benzene rings is 3. The number of hydrogen-bond acceptors (Lipinski definition) is 8. The second-order valence-corrected chi connectivity index (χ2v) is 8.06. The lowest BCUT2D eigenvalue weighted by Gasteiger charge is -2.26. The zero-order valence-electron chi connectivity index (χ0n) is 20.1. The Hall–Kier alpha value is -4.86. The quantitative estimate of drug-likeness (QED) is 0.148. The van der Waals surface area contributed by atoms with Gasteiger partial charge in [-0.25, -0.2) is 0 Å². The average molecular weight is 504 g/mol. The SMILES string of the molecule is CCOc1ccc(N2C(=O)C(=O)/C(=C(/O)c3ccc([N+](=O)[O-])cc3)C2c2ccc(O)cc2)cc1OCC. The summed E-state index contributed by atoms with van der Waals surface area (Å²) in [6.45, 7) is 4.36. The molecule has 0 spiro atoms. The molecule has 10 heteroatoms. The number of anilines is 1. The Kier molecular flexibility index (Phi) is 7.10. The Morgan fingerprint density at radius 3 is 2.16 bits per heavy atom. The number of aromatic hydroxyl groups is 1. The zero-order chi connectivity index (χ0) is 26.7. The Morgan fingerprint density at radius 2 is 1.57 bits per heavy atom. The molecule has 37 heavy (non-hydrogen) atoms. The zero-order valence-corrected chi connectivity index (χ0v) is 20.1. The van der Waals surface area contributed by atoms with Crippen molar-refractivity contribution in [1.82, 2.24) is 0 Å². The Balaban J connectivity index is 1.90. The van der Waals surface area contributed by atoms with Gasteiger partial charge in [0.2, 0.25) is 0 Å². The molecule has 1 atom stereocenters. The molecule has 190 valence electrons. The standard InChI is InChI=1S/C27H24N2O8/c1-3-36-21-14-11-19(15-22(21)37-4-2)28-24(16-7-12-20(30)13-8-16)23(26(32)27(28)33)25(31)17-5-9-18(10-6-17)29(34)35/h5-15,24,30-31H,3-4H2,1-2H3/b25-23+. The number of carbonyl (C=O) groups excluding carboxylic acids is 2. The number of nitro groups is 1. The molecule has 0 saturated carbocycles. The Bertz CT molecular complexity index is 1380. The number of carbonyl (C=O) groups is 2. The predicted octanol–water partition coefficient (Wildman–Crippen LogP) is 4.72. The van der Waals surface area contributed by atoms with E-state index in [1.54, 1.807) is 37.3 Å². The average Bonchev–Trinajstić information content (AvgIpc) is 3.15. The van der Waals surface area contributed by atoms with Crippen LogP contribution in [0.25, 0.3) is 5.76 Å². The summed E-state index contributed by atoms with van der Waals surface area (Å²) >= 11 is 0. The number of Topliss-reactive ketones (excluding diaryl/α,β-unsaturated/α-hetero) is 1. The summed E-state index contributed by atoms with van der Waals surface area (Å²) in [7, 11) is 0. The van der Waals surface area contributed by atoms with Gasteiger partial charge in [-0.3, -0.25) is 24.6 Å². The lowest BCUT2D eigenvalue weighted by atomic mass is 9.95. The Labute approximate surface area is 212 Å². The van der Waals surface area contributed by atoms with Crippen LogP contribution in [0.1, 0.15) is 31.0 Å². The molecule has 2 N–H and O–H groups in total. The van der Waals surface area contributed by atoms with Crippen molar-refractivity contribution < 1.29 is 34.2 Å². The molecule has 1 saturated heterocycles. The van der Waals surface area contributed by atoms with Gasteiger partial charge >= 0.3 is 0 Å². The fraction of sp³-hybridized carbons (Fsp3) is 0.185. The van der Waals surface area contributed by atoms with E-state index >= 15 is 0 Å². The van der Waals surface area contributed by atoms with Crippen molar-refractivity contribution in [2.24, 2.45) is 0 Å². The molecule has 1 unspecified atom stereocenters. The number of nitro benzene ring substituents is 1. The highest BCUT2D eigenvalue weighted by molar-refractivity contribution is 6.51. The topological polar surface area (TPSA) is 139 Å². The molecule has 1 aliphatic rings. The number of non-ortho nitro benzene ring substituents is 1. The van der Waals surface area contributed by atoms with Gasteiger partial charge in [0.15, 0.2) is 11.5 Å². The van der Waals surface area contributed by atoms with Gasteiger partial charge in [-0.1, -0.05) is 12.1 Å². The smallest absolute Gasteiger partial charge is 0.300 e. The summed E-state index contributed by atoms with van der Waals surface area (Å²) in [6, 6.07) is 14.7. The van der Waals surface area contributed by atoms with Crippen LogP contribution in [-0.2, 0) is 9.59 Å². The number of rotatable bonds is 8. The van der Waals surface area contributed by atoms with Crippen LogP contribution in [-0.4, -0.2) is 40.0 Å². The first kappa shape index (κ1) is 25.2. The van der Waals surface area contributed by atoms with Crippen LogP contribution in [0.15, 0.2) is 72.3 Å². The molecule has 1 amide bonds. The van der Waals surface area contributed by atoms with E-state index in [9.17, 15) is 29.9 Å². The summed E-state index contributed by atoms with van der Waals surface area (Å²) in [5.41, 5.74) is 0.525. The Morgan fingerprint density at radius 1 is 0.946 bits per heavy atom.